The quantitative estimate of drug-likeness (QED) is 0.462. The molecule has 0 unspecified atom stereocenters. The predicted octanol–water partition coefficient (Wildman–Crippen LogP) is 3.48. The zero-order chi connectivity index (χ0) is 11.6. The molecule has 1 nitrogen and oxygen atoms in total. The molecule has 0 fully saturated rings. The Labute approximate surface area is 91.2 Å². The van der Waals surface area contributed by atoms with Gasteiger partial charge >= 0.3 is 6.18 Å². The molecule has 1 aromatic carbocycles. The van der Waals surface area contributed by atoms with Crippen molar-refractivity contribution in [1.29, 1.82) is 0 Å². The Morgan fingerprint density at radius 2 is 1.93 bits per heavy atom. The van der Waals surface area contributed by atoms with Crippen molar-refractivity contribution in [3.05, 3.63) is 35.1 Å². The van der Waals surface area contributed by atoms with E-state index in [2.05, 4.69) is 15.9 Å². The van der Waals surface area contributed by atoms with E-state index in [0.717, 1.165) is 12.1 Å². The summed E-state index contributed by atoms with van der Waals surface area (Å²) in [5.74, 6) is -1.42. The summed E-state index contributed by atoms with van der Waals surface area (Å²) in [7, 11) is 0. The first kappa shape index (κ1) is 12.2. The van der Waals surface area contributed by atoms with Crippen molar-refractivity contribution in [2.45, 2.75) is 11.0 Å². The van der Waals surface area contributed by atoms with Gasteiger partial charge in [-0.25, -0.2) is 4.39 Å². The first-order chi connectivity index (χ1) is 6.88. The average molecular weight is 285 g/mol. The summed E-state index contributed by atoms with van der Waals surface area (Å²) in [6.45, 7) is 0. The average Bonchev–Trinajstić information content (AvgIpc) is 2.15. The van der Waals surface area contributed by atoms with Crippen LogP contribution in [0.1, 0.15) is 16.0 Å². The largest absolute Gasteiger partial charge is 0.419 e. The number of alkyl halides is 4. The summed E-state index contributed by atoms with van der Waals surface area (Å²) in [4.78, 5) is 9.25. The van der Waals surface area contributed by atoms with E-state index in [-0.39, 0.29) is 5.56 Å². The Kier molecular flexibility index (Phi) is 3.49. The Hall–Kier alpha value is -0.910. The smallest absolute Gasteiger partial charge is 0.302 e. The van der Waals surface area contributed by atoms with E-state index in [1.807, 2.05) is 0 Å². The van der Waals surface area contributed by atoms with Gasteiger partial charge in [0, 0.05) is 5.56 Å². The molecular weight excluding hydrogens is 280 g/mol. The number of hydrogen-bond acceptors (Lipinski definition) is 1. The molecule has 0 saturated heterocycles. The molecular formula is C9H5BrF4O. The molecule has 0 spiro atoms. The summed E-state index contributed by atoms with van der Waals surface area (Å²) >= 11 is 2.76. The minimum atomic E-state index is -4.75. The molecule has 0 radical (unpaired) electrons. The highest BCUT2D eigenvalue weighted by molar-refractivity contribution is 9.09. The van der Waals surface area contributed by atoms with E-state index < -0.39 is 22.4 Å². The van der Waals surface area contributed by atoms with E-state index in [9.17, 15) is 22.4 Å². The lowest BCUT2D eigenvalue weighted by Crippen LogP contribution is -2.10. The minimum absolute atomic E-state index is 0.318. The van der Waals surface area contributed by atoms with Crippen LogP contribution in [0.4, 0.5) is 17.6 Å². The third-order valence-electron chi connectivity index (χ3n) is 1.75. The van der Waals surface area contributed by atoms with Crippen molar-refractivity contribution < 1.29 is 22.4 Å². The van der Waals surface area contributed by atoms with E-state index in [1.54, 1.807) is 0 Å². The van der Waals surface area contributed by atoms with Gasteiger partial charge in [0.05, 0.1) is 10.4 Å². The van der Waals surface area contributed by atoms with Gasteiger partial charge in [-0.2, -0.15) is 13.2 Å². The standard InChI is InChI=1S/C9H5BrF4O/c10-7(4-15)5-2-1-3-6(8(5)11)9(12,13)14/h1-4,7H/t7-/m1/s1. The lowest BCUT2D eigenvalue weighted by atomic mass is 10.1. The third-order valence-corrected chi connectivity index (χ3v) is 2.46. The summed E-state index contributed by atoms with van der Waals surface area (Å²) in [5, 5.41) is 0. The van der Waals surface area contributed by atoms with E-state index >= 15 is 0 Å². The Balaban J connectivity index is 3.29. The Morgan fingerprint density at radius 3 is 2.40 bits per heavy atom. The summed E-state index contributed by atoms with van der Waals surface area (Å²) in [5.41, 5.74) is -1.69. The van der Waals surface area contributed by atoms with Crippen molar-refractivity contribution in [3.8, 4) is 0 Å². The highest BCUT2D eigenvalue weighted by Crippen LogP contribution is 2.35. The molecule has 0 aromatic heterocycles. The number of hydrogen-bond donors (Lipinski definition) is 0. The molecule has 6 heteroatoms. The molecule has 0 aliphatic heterocycles. The maximum absolute atomic E-state index is 13.3. The van der Waals surface area contributed by atoms with Crippen LogP contribution in [-0.2, 0) is 11.0 Å². The van der Waals surface area contributed by atoms with Gasteiger partial charge in [0.15, 0.2) is 0 Å². The first-order valence-corrected chi connectivity index (χ1v) is 4.74. The molecule has 1 atom stereocenters. The van der Waals surface area contributed by atoms with Crippen LogP contribution in [0.15, 0.2) is 18.2 Å². The first-order valence-electron chi connectivity index (χ1n) is 3.83. The minimum Gasteiger partial charge on any atom is -0.302 e. The molecule has 0 aliphatic rings. The fourth-order valence-corrected chi connectivity index (χ4v) is 1.41. The molecule has 0 heterocycles. The van der Waals surface area contributed by atoms with E-state index in [4.69, 9.17) is 0 Å². The van der Waals surface area contributed by atoms with Crippen LogP contribution in [-0.4, -0.2) is 6.29 Å². The van der Waals surface area contributed by atoms with Crippen LogP contribution in [0.2, 0.25) is 0 Å². The van der Waals surface area contributed by atoms with Crippen LogP contribution >= 0.6 is 15.9 Å². The van der Waals surface area contributed by atoms with Gasteiger partial charge in [0.2, 0.25) is 0 Å². The van der Waals surface area contributed by atoms with Crippen molar-refractivity contribution in [2.75, 3.05) is 0 Å². The summed E-state index contributed by atoms with van der Waals surface area (Å²) < 4.78 is 50.1. The predicted molar refractivity (Wildman–Crippen MR) is 49.1 cm³/mol. The topological polar surface area (TPSA) is 17.1 Å². The van der Waals surface area contributed by atoms with Gasteiger partial charge in [0.25, 0.3) is 0 Å². The second-order valence-electron chi connectivity index (χ2n) is 2.74. The van der Waals surface area contributed by atoms with Gasteiger partial charge in [-0.05, 0) is 6.07 Å². The van der Waals surface area contributed by atoms with Gasteiger partial charge in [-0.3, -0.25) is 0 Å². The molecule has 15 heavy (non-hydrogen) atoms. The number of carbonyl (C=O) groups is 1. The molecule has 0 amide bonds. The van der Waals surface area contributed by atoms with Crippen LogP contribution in [0.5, 0.6) is 0 Å². The van der Waals surface area contributed by atoms with Crippen LogP contribution in [0.3, 0.4) is 0 Å². The second-order valence-corrected chi connectivity index (χ2v) is 3.73. The van der Waals surface area contributed by atoms with Crippen LogP contribution < -0.4 is 0 Å². The van der Waals surface area contributed by atoms with Gasteiger partial charge in [-0.15, -0.1) is 0 Å². The second kappa shape index (κ2) is 4.30. The molecule has 0 bridgehead atoms. The van der Waals surface area contributed by atoms with Crippen LogP contribution in [0.25, 0.3) is 0 Å². The Bertz CT molecular complexity index is 375. The fourth-order valence-electron chi connectivity index (χ4n) is 1.06. The zero-order valence-electron chi connectivity index (χ0n) is 7.18. The van der Waals surface area contributed by atoms with Crippen molar-refractivity contribution in [1.82, 2.24) is 0 Å². The third kappa shape index (κ3) is 2.56. The monoisotopic (exact) mass is 284 g/mol. The van der Waals surface area contributed by atoms with Crippen LogP contribution in [0, 0.1) is 5.82 Å². The molecule has 0 N–H and O–H groups in total. The lowest BCUT2D eigenvalue weighted by Gasteiger charge is -2.11. The van der Waals surface area contributed by atoms with Crippen molar-refractivity contribution >= 4 is 22.2 Å². The molecule has 0 saturated carbocycles. The molecule has 1 aromatic rings. The number of aldehydes is 1. The number of rotatable bonds is 2. The van der Waals surface area contributed by atoms with E-state index in [0.29, 0.717) is 12.4 Å². The van der Waals surface area contributed by atoms with Crippen molar-refractivity contribution in [3.63, 3.8) is 0 Å². The maximum Gasteiger partial charge on any atom is 0.419 e. The number of halogens is 5. The zero-order valence-corrected chi connectivity index (χ0v) is 8.77. The fraction of sp³-hybridized carbons (Fsp3) is 0.222. The summed E-state index contributed by atoms with van der Waals surface area (Å²) in [6, 6.07) is 2.81. The lowest BCUT2D eigenvalue weighted by molar-refractivity contribution is -0.140. The highest BCUT2D eigenvalue weighted by atomic mass is 79.9. The van der Waals surface area contributed by atoms with Crippen molar-refractivity contribution in [2.24, 2.45) is 0 Å². The number of benzene rings is 1. The summed E-state index contributed by atoms with van der Waals surface area (Å²) in [6.07, 6.45) is -4.44. The Morgan fingerprint density at radius 1 is 1.33 bits per heavy atom. The maximum atomic E-state index is 13.3. The normalized spacial score (nSPS) is 13.7. The van der Waals surface area contributed by atoms with Gasteiger partial charge in [-0.1, -0.05) is 28.1 Å². The van der Waals surface area contributed by atoms with Gasteiger partial charge < -0.3 is 4.79 Å². The molecule has 82 valence electrons. The molecule has 1 rings (SSSR count). The number of carbonyl (C=O) groups excluding carboxylic acids is 1. The van der Waals surface area contributed by atoms with E-state index in [1.165, 1.54) is 0 Å². The van der Waals surface area contributed by atoms with Gasteiger partial charge in [0.1, 0.15) is 12.1 Å². The molecule has 0 aliphatic carbocycles. The SMILES string of the molecule is O=C[C@@H](Br)c1cccc(C(F)(F)F)c1F. The highest BCUT2D eigenvalue weighted by Gasteiger charge is 2.35.